The lowest BCUT2D eigenvalue weighted by Crippen LogP contribution is -2.43. The van der Waals surface area contributed by atoms with Crippen molar-refractivity contribution in [3.63, 3.8) is 0 Å². The van der Waals surface area contributed by atoms with Gasteiger partial charge in [0.1, 0.15) is 0 Å². The molecular weight excluding hydrogens is 184 g/mol. The van der Waals surface area contributed by atoms with Crippen LogP contribution in [0.25, 0.3) is 0 Å². The molecule has 1 fully saturated rings. The molecule has 0 radical (unpaired) electrons. The fourth-order valence-electron chi connectivity index (χ4n) is 3.37. The maximum absolute atomic E-state index is 5.74. The van der Waals surface area contributed by atoms with Crippen molar-refractivity contribution >= 4 is 0 Å². The molecule has 1 aliphatic rings. The Hall–Kier alpha value is -0.0800. The molecule has 2 nitrogen and oxygen atoms in total. The first-order valence-electron chi connectivity index (χ1n) is 6.26. The van der Waals surface area contributed by atoms with Crippen LogP contribution in [0.1, 0.15) is 54.4 Å². The van der Waals surface area contributed by atoms with Gasteiger partial charge in [0.2, 0.25) is 0 Å². The van der Waals surface area contributed by atoms with Crippen LogP contribution in [0.3, 0.4) is 0 Å². The topological polar surface area (TPSA) is 38.0 Å². The summed E-state index contributed by atoms with van der Waals surface area (Å²) in [6, 6.07) is 0.468. The Balaban J connectivity index is 2.70. The minimum absolute atomic E-state index is 0.423. The molecule has 90 valence electrons. The van der Waals surface area contributed by atoms with Crippen molar-refractivity contribution in [1.29, 1.82) is 0 Å². The fraction of sp³-hybridized carbons (Fsp3) is 1.00. The highest BCUT2D eigenvalue weighted by Crippen LogP contribution is 2.70. The van der Waals surface area contributed by atoms with Crippen molar-refractivity contribution in [2.45, 2.75) is 60.4 Å². The van der Waals surface area contributed by atoms with E-state index in [1.807, 2.05) is 0 Å². The highest BCUT2D eigenvalue weighted by atomic mass is 15.2. The average molecular weight is 212 g/mol. The van der Waals surface area contributed by atoms with Crippen molar-refractivity contribution in [3.8, 4) is 0 Å². The molecule has 3 N–H and O–H groups in total. The van der Waals surface area contributed by atoms with Crippen LogP contribution >= 0.6 is 0 Å². The third kappa shape index (κ3) is 1.94. The molecule has 2 heteroatoms. The van der Waals surface area contributed by atoms with Gasteiger partial charge in [-0.25, -0.2) is 0 Å². The molecule has 0 aliphatic heterocycles. The third-order valence-electron chi connectivity index (χ3n) is 5.04. The average Bonchev–Trinajstić information content (AvgIpc) is 2.50. The van der Waals surface area contributed by atoms with Crippen LogP contribution in [0.5, 0.6) is 0 Å². The summed E-state index contributed by atoms with van der Waals surface area (Å²) < 4.78 is 0. The summed E-state index contributed by atoms with van der Waals surface area (Å²) in [7, 11) is 0. The van der Waals surface area contributed by atoms with Crippen molar-refractivity contribution in [3.05, 3.63) is 0 Å². The molecule has 0 saturated heterocycles. The van der Waals surface area contributed by atoms with Crippen LogP contribution in [-0.4, -0.2) is 6.04 Å². The Labute approximate surface area is 95.0 Å². The van der Waals surface area contributed by atoms with Gasteiger partial charge < -0.3 is 0 Å². The SMILES string of the molecule is CCCC(C)C(NN)C1C(C)(C)C1(C)C. The van der Waals surface area contributed by atoms with Crippen LogP contribution in [0.2, 0.25) is 0 Å². The molecule has 0 heterocycles. The van der Waals surface area contributed by atoms with Gasteiger partial charge in [0.05, 0.1) is 0 Å². The first kappa shape index (κ1) is 13.0. The highest BCUT2D eigenvalue weighted by Gasteiger charge is 2.67. The van der Waals surface area contributed by atoms with E-state index < -0.39 is 0 Å². The third-order valence-corrected chi connectivity index (χ3v) is 5.04. The predicted molar refractivity (Wildman–Crippen MR) is 66.2 cm³/mol. The molecule has 2 unspecified atom stereocenters. The lowest BCUT2D eigenvalue weighted by Gasteiger charge is -2.25. The number of nitrogens with two attached hydrogens (primary N) is 1. The van der Waals surface area contributed by atoms with Gasteiger partial charge in [-0.05, 0) is 29.1 Å². The maximum atomic E-state index is 5.74. The second kappa shape index (κ2) is 4.06. The van der Waals surface area contributed by atoms with Gasteiger partial charge in [-0.1, -0.05) is 48.0 Å². The lowest BCUT2D eigenvalue weighted by atomic mass is 9.90. The molecule has 0 amide bonds. The van der Waals surface area contributed by atoms with Crippen molar-refractivity contribution in [2.75, 3.05) is 0 Å². The summed E-state index contributed by atoms with van der Waals surface area (Å²) in [4.78, 5) is 0. The van der Waals surface area contributed by atoms with Gasteiger partial charge in [0.25, 0.3) is 0 Å². The van der Waals surface area contributed by atoms with E-state index in [9.17, 15) is 0 Å². The van der Waals surface area contributed by atoms with Crippen LogP contribution in [-0.2, 0) is 0 Å². The number of hydrogen-bond acceptors (Lipinski definition) is 2. The summed E-state index contributed by atoms with van der Waals surface area (Å²) in [6.07, 6.45) is 2.50. The number of rotatable bonds is 5. The van der Waals surface area contributed by atoms with E-state index in [2.05, 4.69) is 47.0 Å². The molecule has 1 rings (SSSR count). The standard InChI is InChI=1S/C13H28N2/c1-7-8-9(2)10(15-14)11-12(3,4)13(11,5)6/h9-11,15H,7-8,14H2,1-6H3. The van der Waals surface area contributed by atoms with E-state index in [4.69, 9.17) is 5.84 Å². The molecule has 0 aromatic carbocycles. The van der Waals surface area contributed by atoms with Crippen molar-refractivity contribution < 1.29 is 0 Å². The Morgan fingerprint density at radius 2 is 1.67 bits per heavy atom. The van der Waals surface area contributed by atoms with E-state index in [0.29, 0.717) is 28.7 Å². The zero-order chi connectivity index (χ0) is 11.9. The van der Waals surface area contributed by atoms with Crippen molar-refractivity contribution in [2.24, 2.45) is 28.5 Å². The monoisotopic (exact) mass is 212 g/mol. The summed E-state index contributed by atoms with van der Waals surface area (Å²) >= 11 is 0. The molecule has 1 saturated carbocycles. The minimum atomic E-state index is 0.423. The predicted octanol–water partition coefficient (Wildman–Crippen LogP) is 2.94. The van der Waals surface area contributed by atoms with Crippen LogP contribution < -0.4 is 11.3 Å². The molecule has 2 atom stereocenters. The first-order valence-corrected chi connectivity index (χ1v) is 6.26. The zero-order valence-corrected chi connectivity index (χ0v) is 11.2. The second-order valence-corrected chi connectivity index (χ2v) is 6.38. The maximum Gasteiger partial charge on any atom is 0.0274 e. The molecule has 0 aromatic heterocycles. The molecule has 0 aromatic rings. The first-order chi connectivity index (χ1) is 6.80. The van der Waals surface area contributed by atoms with Gasteiger partial charge >= 0.3 is 0 Å². The van der Waals surface area contributed by atoms with Crippen LogP contribution in [0, 0.1) is 22.7 Å². The van der Waals surface area contributed by atoms with E-state index in [0.717, 1.165) is 0 Å². The van der Waals surface area contributed by atoms with Gasteiger partial charge in [0, 0.05) is 6.04 Å². The van der Waals surface area contributed by atoms with E-state index in [-0.39, 0.29) is 0 Å². The van der Waals surface area contributed by atoms with Gasteiger partial charge in [-0.2, -0.15) is 0 Å². The van der Waals surface area contributed by atoms with Gasteiger partial charge in [-0.3, -0.25) is 11.3 Å². The smallest absolute Gasteiger partial charge is 0.0274 e. The molecule has 0 spiro atoms. The molecular formula is C13H28N2. The summed E-state index contributed by atoms with van der Waals surface area (Å²) in [5.41, 5.74) is 3.91. The van der Waals surface area contributed by atoms with Crippen LogP contribution in [0.15, 0.2) is 0 Å². The Kier molecular flexibility index (Phi) is 3.52. The molecule has 1 aliphatic carbocycles. The Bertz CT molecular complexity index is 207. The van der Waals surface area contributed by atoms with Crippen molar-refractivity contribution in [1.82, 2.24) is 5.43 Å². The fourth-order valence-corrected chi connectivity index (χ4v) is 3.37. The number of hydrogen-bond donors (Lipinski definition) is 2. The Morgan fingerprint density at radius 3 is 1.93 bits per heavy atom. The molecule has 15 heavy (non-hydrogen) atoms. The van der Waals surface area contributed by atoms with E-state index in [1.54, 1.807) is 0 Å². The number of hydrazine groups is 1. The second-order valence-electron chi connectivity index (χ2n) is 6.38. The number of nitrogens with one attached hydrogen (secondary N) is 1. The zero-order valence-electron chi connectivity index (χ0n) is 11.2. The minimum Gasteiger partial charge on any atom is -0.271 e. The summed E-state index contributed by atoms with van der Waals surface area (Å²) in [5.74, 6) is 7.11. The lowest BCUT2D eigenvalue weighted by molar-refractivity contribution is 0.289. The summed E-state index contributed by atoms with van der Waals surface area (Å²) in [5, 5.41) is 0. The van der Waals surface area contributed by atoms with Crippen LogP contribution in [0.4, 0.5) is 0 Å². The van der Waals surface area contributed by atoms with Gasteiger partial charge in [0.15, 0.2) is 0 Å². The van der Waals surface area contributed by atoms with Gasteiger partial charge in [-0.15, -0.1) is 0 Å². The van der Waals surface area contributed by atoms with E-state index >= 15 is 0 Å². The van der Waals surface area contributed by atoms with E-state index in [1.165, 1.54) is 12.8 Å². The quantitative estimate of drug-likeness (QED) is 0.543. The Morgan fingerprint density at radius 1 is 1.20 bits per heavy atom. The largest absolute Gasteiger partial charge is 0.271 e. The normalized spacial score (nSPS) is 27.4. The summed E-state index contributed by atoms with van der Waals surface area (Å²) in [6.45, 7) is 14.0. The molecule has 0 bridgehead atoms. The highest BCUT2D eigenvalue weighted by molar-refractivity contribution is 5.16.